The van der Waals surface area contributed by atoms with Gasteiger partial charge in [-0.05, 0) is 17.7 Å². The Labute approximate surface area is 80.0 Å². The fraction of sp³-hybridized carbons (Fsp3) is 0.222. The number of fused-ring (bicyclic) bond motifs is 1. The minimum Gasteiger partial charge on any atom is -0.481 e. The zero-order valence-corrected chi connectivity index (χ0v) is 7.64. The van der Waals surface area contributed by atoms with Crippen molar-refractivity contribution in [3.8, 4) is 0 Å². The summed E-state index contributed by atoms with van der Waals surface area (Å²) in [5.41, 5.74) is 2.39. The zero-order valence-electron chi connectivity index (χ0n) is 7.64. The Morgan fingerprint density at radius 3 is 3.07 bits per heavy atom. The number of carbonyl (C=O) groups is 1. The van der Waals surface area contributed by atoms with Gasteiger partial charge in [0.25, 0.3) is 0 Å². The van der Waals surface area contributed by atoms with Crippen LogP contribution in [0.4, 0.5) is 0 Å². The van der Waals surface area contributed by atoms with Gasteiger partial charge in [-0.2, -0.15) is 0 Å². The molecule has 0 amide bonds. The Hall–Kier alpha value is -1.91. The van der Waals surface area contributed by atoms with Crippen LogP contribution < -0.4 is 0 Å². The molecule has 0 saturated carbocycles. The summed E-state index contributed by atoms with van der Waals surface area (Å²) in [6, 6.07) is 5.33. The van der Waals surface area contributed by atoms with Crippen molar-refractivity contribution in [2.45, 2.75) is 6.42 Å². The number of aryl methyl sites for hydroxylation is 1. The lowest BCUT2D eigenvalue weighted by Crippen LogP contribution is -2.00. The number of hydrogen-bond acceptors (Lipinski definition) is 3. The van der Waals surface area contributed by atoms with Crippen LogP contribution in [0.5, 0.6) is 0 Å². The number of hydrogen-bond donors (Lipinski definition) is 1. The van der Waals surface area contributed by atoms with Gasteiger partial charge in [0.05, 0.1) is 11.9 Å². The molecule has 0 aliphatic carbocycles. The van der Waals surface area contributed by atoms with Gasteiger partial charge >= 0.3 is 5.97 Å². The molecule has 5 nitrogen and oxygen atoms in total. The van der Waals surface area contributed by atoms with Crippen molar-refractivity contribution < 1.29 is 9.90 Å². The maximum absolute atomic E-state index is 10.5. The minimum absolute atomic E-state index is 0.0289. The average Bonchev–Trinajstić information content (AvgIpc) is 2.47. The third-order valence-corrected chi connectivity index (χ3v) is 2.03. The summed E-state index contributed by atoms with van der Waals surface area (Å²) in [4.78, 5) is 10.5. The van der Waals surface area contributed by atoms with Crippen LogP contribution in [0.1, 0.15) is 5.56 Å². The molecule has 1 aromatic carbocycles. The van der Waals surface area contributed by atoms with Crippen molar-refractivity contribution >= 4 is 17.0 Å². The smallest absolute Gasteiger partial charge is 0.307 e. The molecule has 5 heteroatoms. The van der Waals surface area contributed by atoms with E-state index < -0.39 is 5.97 Å². The Bertz CT molecular complexity index is 490. The molecule has 14 heavy (non-hydrogen) atoms. The van der Waals surface area contributed by atoms with E-state index in [0.29, 0.717) is 0 Å². The number of carboxylic acid groups (broad SMARTS) is 1. The monoisotopic (exact) mass is 191 g/mol. The predicted molar refractivity (Wildman–Crippen MR) is 49.8 cm³/mol. The summed E-state index contributed by atoms with van der Waals surface area (Å²) >= 11 is 0. The van der Waals surface area contributed by atoms with Gasteiger partial charge in [-0.15, -0.1) is 5.10 Å². The van der Waals surface area contributed by atoms with E-state index in [4.69, 9.17) is 5.11 Å². The molecule has 2 rings (SSSR count). The highest BCUT2D eigenvalue weighted by molar-refractivity contribution is 5.77. The van der Waals surface area contributed by atoms with Gasteiger partial charge in [-0.3, -0.25) is 4.79 Å². The summed E-state index contributed by atoms with van der Waals surface area (Å²) in [5, 5.41) is 16.4. The van der Waals surface area contributed by atoms with E-state index >= 15 is 0 Å². The molecular formula is C9H9N3O2. The van der Waals surface area contributed by atoms with Gasteiger partial charge < -0.3 is 5.11 Å². The summed E-state index contributed by atoms with van der Waals surface area (Å²) in [6.45, 7) is 0. The lowest BCUT2D eigenvalue weighted by molar-refractivity contribution is -0.136. The predicted octanol–water partition coefficient (Wildman–Crippen LogP) is 0.595. The van der Waals surface area contributed by atoms with Gasteiger partial charge in [0.15, 0.2) is 0 Å². The third kappa shape index (κ3) is 1.44. The summed E-state index contributed by atoms with van der Waals surface area (Å²) in [6.07, 6.45) is 0.0289. The van der Waals surface area contributed by atoms with Crippen LogP contribution in [0.15, 0.2) is 18.2 Å². The number of benzene rings is 1. The molecule has 0 spiro atoms. The van der Waals surface area contributed by atoms with Crippen molar-refractivity contribution in [2.24, 2.45) is 7.05 Å². The Kier molecular flexibility index (Phi) is 1.92. The van der Waals surface area contributed by atoms with Crippen LogP contribution in [0, 0.1) is 0 Å². The van der Waals surface area contributed by atoms with E-state index in [1.165, 1.54) is 0 Å². The van der Waals surface area contributed by atoms with Crippen molar-refractivity contribution in [2.75, 3.05) is 0 Å². The van der Waals surface area contributed by atoms with Crippen LogP contribution in [0.2, 0.25) is 0 Å². The number of aliphatic carboxylic acids is 1. The summed E-state index contributed by atoms with van der Waals surface area (Å²) in [7, 11) is 1.78. The fourth-order valence-electron chi connectivity index (χ4n) is 1.36. The van der Waals surface area contributed by atoms with Gasteiger partial charge in [0.2, 0.25) is 0 Å². The lowest BCUT2D eigenvalue weighted by Gasteiger charge is -1.97. The highest BCUT2D eigenvalue weighted by Gasteiger charge is 2.04. The first-order chi connectivity index (χ1) is 6.66. The van der Waals surface area contributed by atoms with E-state index in [2.05, 4.69) is 10.3 Å². The van der Waals surface area contributed by atoms with Crippen LogP contribution in [-0.2, 0) is 18.3 Å². The van der Waals surface area contributed by atoms with Crippen LogP contribution >= 0.6 is 0 Å². The van der Waals surface area contributed by atoms with E-state index in [1.807, 2.05) is 0 Å². The molecule has 1 N–H and O–H groups in total. The molecule has 72 valence electrons. The molecule has 0 unspecified atom stereocenters. The van der Waals surface area contributed by atoms with Crippen LogP contribution in [-0.4, -0.2) is 26.1 Å². The lowest BCUT2D eigenvalue weighted by atomic mass is 10.1. The molecule has 1 aromatic heterocycles. The SMILES string of the molecule is Cn1nnc2ccc(CC(=O)O)cc21. The quantitative estimate of drug-likeness (QED) is 0.754. The molecule has 0 fully saturated rings. The summed E-state index contributed by atoms with van der Waals surface area (Å²) in [5.74, 6) is -0.834. The molecule has 0 saturated heterocycles. The van der Waals surface area contributed by atoms with Crippen molar-refractivity contribution in [1.82, 2.24) is 15.0 Å². The third-order valence-electron chi connectivity index (χ3n) is 2.03. The van der Waals surface area contributed by atoms with Gasteiger partial charge in [-0.25, -0.2) is 4.68 Å². The van der Waals surface area contributed by atoms with Crippen molar-refractivity contribution in [1.29, 1.82) is 0 Å². The number of nitrogens with zero attached hydrogens (tertiary/aromatic N) is 3. The van der Waals surface area contributed by atoms with E-state index in [1.54, 1.807) is 29.9 Å². The number of carboxylic acids is 1. The highest BCUT2D eigenvalue weighted by Crippen LogP contribution is 2.12. The summed E-state index contributed by atoms with van der Waals surface area (Å²) < 4.78 is 1.63. The second-order valence-corrected chi connectivity index (χ2v) is 3.11. The van der Waals surface area contributed by atoms with Crippen LogP contribution in [0.3, 0.4) is 0 Å². The van der Waals surface area contributed by atoms with Crippen molar-refractivity contribution in [3.05, 3.63) is 23.8 Å². The van der Waals surface area contributed by atoms with E-state index in [0.717, 1.165) is 16.6 Å². The molecule has 0 bridgehead atoms. The molecule has 0 aliphatic rings. The Morgan fingerprint density at radius 2 is 2.36 bits per heavy atom. The van der Waals surface area contributed by atoms with Gasteiger partial charge in [-0.1, -0.05) is 11.3 Å². The Balaban J connectivity index is 2.49. The number of rotatable bonds is 2. The maximum Gasteiger partial charge on any atom is 0.307 e. The fourth-order valence-corrected chi connectivity index (χ4v) is 1.36. The Morgan fingerprint density at radius 1 is 1.57 bits per heavy atom. The second kappa shape index (κ2) is 3.10. The molecule has 0 radical (unpaired) electrons. The molecule has 1 heterocycles. The first-order valence-corrected chi connectivity index (χ1v) is 4.17. The van der Waals surface area contributed by atoms with E-state index in [-0.39, 0.29) is 6.42 Å². The minimum atomic E-state index is -0.834. The van der Waals surface area contributed by atoms with Crippen LogP contribution in [0.25, 0.3) is 11.0 Å². The topological polar surface area (TPSA) is 68.0 Å². The largest absolute Gasteiger partial charge is 0.481 e. The molecular weight excluding hydrogens is 182 g/mol. The molecule has 2 aromatic rings. The zero-order chi connectivity index (χ0) is 10.1. The second-order valence-electron chi connectivity index (χ2n) is 3.11. The first kappa shape index (κ1) is 8.68. The molecule has 0 atom stereocenters. The standard InChI is InChI=1S/C9H9N3O2/c1-12-8-4-6(5-9(13)14)2-3-7(8)10-11-12/h2-4H,5H2,1H3,(H,13,14). The van der Waals surface area contributed by atoms with Gasteiger partial charge in [0.1, 0.15) is 5.52 Å². The maximum atomic E-state index is 10.5. The average molecular weight is 191 g/mol. The molecule has 0 aliphatic heterocycles. The first-order valence-electron chi connectivity index (χ1n) is 4.17. The number of aromatic nitrogens is 3. The van der Waals surface area contributed by atoms with Crippen molar-refractivity contribution in [3.63, 3.8) is 0 Å². The highest BCUT2D eigenvalue weighted by atomic mass is 16.4. The van der Waals surface area contributed by atoms with E-state index in [9.17, 15) is 4.79 Å². The van der Waals surface area contributed by atoms with Gasteiger partial charge in [0, 0.05) is 7.05 Å². The normalized spacial score (nSPS) is 10.6.